The van der Waals surface area contributed by atoms with E-state index in [9.17, 15) is 15.0 Å². The summed E-state index contributed by atoms with van der Waals surface area (Å²) in [6.45, 7) is 5.65. The summed E-state index contributed by atoms with van der Waals surface area (Å²) >= 11 is 0. The van der Waals surface area contributed by atoms with E-state index in [1.807, 2.05) is 25.1 Å². The number of aromatic carboxylic acids is 1. The van der Waals surface area contributed by atoms with Crippen LogP contribution in [-0.2, 0) is 0 Å². The molecular weight excluding hydrogens is 264 g/mol. The predicted octanol–water partition coefficient (Wildman–Crippen LogP) is 4.35. The summed E-state index contributed by atoms with van der Waals surface area (Å²) in [7, 11) is 0. The van der Waals surface area contributed by atoms with Gasteiger partial charge in [0.25, 0.3) is 0 Å². The van der Waals surface area contributed by atoms with Gasteiger partial charge < -0.3 is 10.2 Å². The Kier molecular flexibility index (Phi) is 2.91. The topological polar surface area (TPSA) is 57.5 Å². The summed E-state index contributed by atoms with van der Waals surface area (Å²) in [6, 6.07) is 10.6. The average Bonchev–Trinajstić information content (AvgIpc) is 2.49. The van der Waals surface area contributed by atoms with Crippen LogP contribution in [0.1, 0.15) is 21.5 Å². The van der Waals surface area contributed by atoms with Crippen molar-refractivity contribution < 1.29 is 15.0 Å². The lowest BCUT2D eigenvalue weighted by atomic mass is 9.93. The molecular formula is C18H14O3. The van der Waals surface area contributed by atoms with Crippen molar-refractivity contribution in [3.8, 4) is 5.75 Å². The average molecular weight is 278 g/mol. The minimum Gasteiger partial charge on any atom is -0.508 e. The Morgan fingerprint density at radius 3 is 2.52 bits per heavy atom. The molecule has 0 unspecified atom stereocenters. The Hall–Kier alpha value is -2.81. The van der Waals surface area contributed by atoms with E-state index < -0.39 is 5.97 Å². The van der Waals surface area contributed by atoms with Gasteiger partial charge in [0.05, 0.1) is 5.56 Å². The molecule has 0 atom stereocenters. The zero-order chi connectivity index (χ0) is 15.1. The van der Waals surface area contributed by atoms with Gasteiger partial charge in [-0.2, -0.15) is 0 Å². The van der Waals surface area contributed by atoms with Gasteiger partial charge in [-0.1, -0.05) is 30.9 Å². The highest BCUT2D eigenvalue weighted by Gasteiger charge is 2.12. The molecule has 21 heavy (non-hydrogen) atoms. The van der Waals surface area contributed by atoms with Gasteiger partial charge in [-0.3, -0.25) is 0 Å². The van der Waals surface area contributed by atoms with Crippen molar-refractivity contribution >= 4 is 33.6 Å². The van der Waals surface area contributed by atoms with Crippen LogP contribution >= 0.6 is 0 Å². The molecule has 0 aliphatic rings. The highest BCUT2D eigenvalue weighted by Crippen LogP contribution is 2.34. The number of carbonyl (C=O) groups is 1. The third kappa shape index (κ3) is 1.94. The van der Waals surface area contributed by atoms with Crippen molar-refractivity contribution in [3.63, 3.8) is 0 Å². The number of phenols is 1. The molecule has 0 fully saturated rings. The lowest BCUT2D eigenvalue weighted by molar-refractivity contribution is 0.0697. The molecule has 0 spiro atoms. The van der Waals surface area contributed by atoms with Crippen LogP contribution in [0.5, 0.6) is 5.75 Å². The van der Waals surface area contributed by atoms with E-state index in [1.165, 1.54) is 0 Å². The zero-order valence-corrected chi connectivity index (χ0v) is 11.6. The van der Waals surface area contributed by atoms with Gasteiger partial charge >= 0.3 is 5.97 Å². The number of carboxylic acids is 1. The number of fused-ring (bicyclic) bond motifs is 3. The van der Waals surface area contributed by atoms with E-state index in [0.29, 0.717) is 0 Å². The molecule has 2 N–H and O–H groups in total. The summed E-state index contributed by atoms with van der Waals surface area (Å²) in [5, 5.41) is 22.8. The van der Waals surface area contributed by atoms with Crippen LogP contribution in [0.25, 0.3) is 27.6 Å². The second kappa shape index (κ2) is 4.63. The highest BCUT2D eigenvalue weighted by atomic mass is 16.4. The van der Waals surface area contributed by atoms with Crippen molar-refractivity contribution in [1.29, 1.82) is 0 Å². The first-order valence-electron chi connectivity index (χ1n) is 6.57. The highest BCUT2D eigenvalue weighted by molar-refractivity contribution is 6.13. The number of rotatable bonds is 2. The second-order valence-corrected chi connectivity index (χ2v) is 5.04. The number of phenolic OH excluding ortho intramolecular Hbond substituents is 1. The largest absolute Gasteiger partial charge is 0.508 e. The van der Waals surface area contributed by atoms with Crippen LogP contribution in [0, 0.1) is 6.92 Å². The number of benzene rings is 3. The van der Waals surface area contributed by atoms with Gasteiger partial charge in [0.2, 0.25) is 0 Å². The molecule has 0 heterocycles. The van der Waals surface area contributed by atoms with E-state index in [4.69, 9.17) is 0 Å². The quantitative estimate of drug-likeness (QED) is 0.685. The third-order valence-corrected chi connectivity index (χ3v) is 3.85. The monoisotopic (exact) mass is 278 g/mol. The standard InChI is InChI=1S/C18H14O3/c1-3-11-8-13(18(20)21)9-12-4-5-14-10(2)16(19)7-6-15(14)17(11)12/h3-9,19H,1H2,2H3,(H,20,21). The zero-order valence-electron chi connectivity index (χ0n) is 11.6. The number of carboxylic acid groups (broad SMARTS) is 1. The third-order valence-electron chi connectivity index (χ3n) is 3.85. The van der Waals surface area contributed by atoms with Crippen LogP contribution in [0.4, 0.5) is 0 Å². The van der Waals surface area contributed by atoms with Crippen molar-refractivity contribution in [2.24, 2.45) is 0 Å². The fourth-order valence-electron chi connectivity index (χ4n) is 2.74. The summed E-state index contributed by atoms with van der Waals surface area (Å²) in [6.07, 6.45) is 1.66. The molecule has 0 aliphatic carbocycles. The van der Waals surface area contributed by atoms with Crippen LogP contribution in [-0.4, -0.2) is 16.2 Å². The van der Waals surface area contributed by atoms with Gasteiger partial charge in [0.1, 0.15) is 5.75 Å². The van der Waals surface area contributed by atoms with Crippen LogP contribution in [0.2, 0.25) is 0 Å². The fraction of sp³-hybridized carbons (Fsp3) is 0.0556. The van der Waals surface area contributed by atoms with E-state index >= 15 is 0 Å². The maximum atomic E-state index is 11.2. The van der Waals surface area contributed by atoms with Gasteiger partial charge in [0, 0.05) is 0 Å². The van der Waals surface area contributed by atoms with Crippen LogP contribution in [0.15, 0.2) is 43.0 Å². The molecule has 0 saturated heterocycles. The predicted molar refractivity (Wildman–Crippen MR) is 84.9 cm³/mol. The molecule has 0 aromatic heterocycles. The lowest BCUT2D eigenvalue weighted by Gasteiger charge is -2.11. The smallest absolute Gasteiger partial charge is 0.335 e. The molecule has 0 aliphatic heterocycles. The molecule has 3 heteroatoms. The summed E-state index contributed by atoms with van der Waals surface area (Å²) in [5.74, 6) is -0.703. The summed E-state index contributed by atoms with van der Waals surface area (Å²) < 4.78 is 0. The minimum atomic E-state index is -0.956. The van der Waals surface area contributed by atoms with Crippen LogP contribution < -0.4 is 0 Å². The SMILES string of the molecule is C=Cc1cc(C(=O)O)cc2ccc3c(C)c(O)ccc3c12. The van der Waals surface area contributed by atoms with Gasteiger partial charge in [-0.25, -0.2) is 4.79 Å². The molecule has 0 saturated carbocycles. The summed E-state index contributed by atoms with van der Waals surface area (Å²) in [5.41, 5.74) is 1.83. The van der Waals surface area contributed by atoms with Crippen LogP contribution in [0.3, 0.4) is 0 Å². The first-order chi connectivity index (χ1) is 10.0. The Morgan fingerprint density at radius 1 is 1.14 bits per heavy atom. The molecule has 0 amide bonds. The number of hydrogen-bond donors (Lipinski definition) is 2. The first-order valence-corrected chi connectivity index (χ1v) is 6.57. The van der Waals surface area contributed by atoms with E-state index in [1.54, 1.807) is 24.3 Å². The molecule has 104 valence electrons. The number of aryl methyl sites for hydroxylation is 1. The lowest BCUT2D eigenvalue weighted by Crippen LogP contribution is -1.97. The van der Waals surface area contributed by atoms with E-state index in [0.717, 1.165) is 32.7 Å². The molecule has 0 bridgehead atoms. The molecule has 3 aromatic carbocycles. The van der Waals surface area contributed by atoms with Gasteiger partial charge in [0.15, 0.2) is 0 Å². The van der Waals surface area contributed by atoms with E-state index in [2.05, 4.69) is 6.58 Å². The first kappa shape index (κ1) is 13.2. The second-order valence-electron chi connectivity index (χ2n) is 5.04. The van der Waals surface area contributed by atoms with Gasteiger partial charge in [-0.15, -0.1) is 0 Å². The summed E-state index contributed by atoms with van der Waals surface area (Å²) in [4.78, 5) is 11.2. The minimum absolute atomic E-state index is 0.243. The molecule has 3 aromatic rings. The number of aromatic hydroxyl groups is 1. The van der Waals surface area contributed by atoms with Crippen molar-refractivity contribution in [2.45, 2.75) is 6.92 Å². The maximum absolute atomic E-state index is 11.2. The normalized spacial score (nSPS) is 10.9. The molecule has 3 rings (SSSR count). The maximum Gasteiger partial charge on any atom is 0.335 e. The molecule has 0 radical (unpaired) electrons. The van der Waals surface area contributed by atoms with Crippen molar-refractivity contribution in [1.82, 2.24) is 0 Å². The number of hydrogen-bond acceptors (Lipinski definition) is 2. The Morgan fingerprint density at radius 2 is 1.86 bits per heavy atom. The van der Waals surface area contributed by atoms with Gasteiger partial charge in [-0.05, 0) is 57.8 Å². The molecule has 3 nitrogen and oxygen atoms in total. The van der Waals surface area contributed by atoms with Crippen molar-refractivity contribution in [2.75, 3.05) is 0 Å². The fourth-order valence-corrected chi connectivity index (χ4v) is 2.74. The Labute approximate surface area is 121 Å². The van der Waals surface area contributed by atoms with Crippen molar-refractivity contribution in [3.05, 3.63) is 59.7 Å². The van der Waals surface area contributed by atoms with E-state index in [-0.39, 0.29) is 11.3 Å². The Bertz CT molecular complexity index is 907. The Balaban J connectivity index is 2.53.